The summed E-state index contributed by atoms with van der Waals surface area (Å²) in [5, 5.41) is 3.34. The van der Waals surface area contributed by atoms with E-state index in [0.717, 1.165) is 37.2 Å². The first kappa shape index (κ1) is 13.1. The van der Waals surface area contributed by atoms with E-state index in [1.54, 1.807) is 0 Å². The Morgan fingerprint density at radius 1 is 1.22 bits per heavy atom. The van der Waals surface area contributed by atoms with Gasteiger partial charge < -0.3 is 10.2 Å². The van der Waals surface area contributed by atoms with Crippen LogP contribution in [0.15, 0.2) is 24.3 Å². The summed E-state index contributed by atoms with van der Waals surface area (Å²) in [4.78, 5) is 14.6. The van der Waals surface area contributed by atoms with E-state index < -0.39 is 5.54 Å². The SMILES string of the molecule is Cc1ccccc1N1CCCCNC(C)(C)C1=O. The lowest BCUT2D eigenvalue weighted by Crippen LogP contribution is -2.56. The number of benzene rings is 1. The minimum absolute atomic E-state index is 0.163. The van der Waals surface area contributed by atoms with E-state index in [1.165, 1.54) is 0 Å². The number of aryl methyl sites for hydroxylation is 1. The molecule has 1 amide bonds. The summed E-state index contributed by atoms with van der Waals surface area (Å²) in [7, 11) is 0. The van der Waals surface area contributed by atoms with Gasteiger partial charge in [0.05, 0.1) is 5.54 Å². The van der Waals surface area contributed by atoms with Gasteiger partial charge in [-0.15, -0.1) is 0 Å². The number of carbonyl (C=O) groups is 1. The second-order valence-electron chi connectivity index (χ2n) is 5.50. The molecule has 1 saturated heterocycles. The molecule has 0 aliphatic carbocycles. The number of nitrogens with zero attached hydrogens (tertiary/aromatic N) is 1. The highest BCUT2D eigenvalue weighted by molar-refractivity contribution is 6.00. The van der Waals surface area contributed by atoms with Crippen LogP contribution in [-0.2, 0) is 4.79 Å². The van der Waals surface area contributed by atoms with Crippen molar-refractivity contribution in [2.24, 2.45) is 0 Å². The monoisotopic (exact) mass is 246 g/mol. The van der Waals surface area contributed by atoms with E-state index in [-0.39, 0.29) is 5.91 Å². The molecule has 1 fully saturated rings. The fourth-order valence-corrected chi connectivity index (χ4v) is 2.41. The summed E-state index contributed by atoms with van der Waals surface area (Å²) < 4.78 is 0. The molecule has 1 aliphatic rings. The molecule has 1 aliphatic heterocycles. The zero-order chi connectivity index (χ0) is 13.2. The molecular formula is C15H22N2O. The quantitative estimate of drug-likeness (QED) is 0.825. The predicted molar refractivity (Wildman–Crippen MR) is 74.8 cm³/mol. The number of nitrogens with one attached hydrogen (secondary N) is 1. The lowest BCUT2D eigenvalue weighted by molar-refractivity contribution is -0.124. The fourth-order valence-electron chi connectivity index (χ4n) is 2.41. The fraction of sp³-hybridized carbons (Fsp3) is 0.533. The van der Waals surface area contributed by atoms with Gasteiger partial charge in [-0.25, -0.2) is 0 Å². The van der Waals surface area contributed by atoms with Crippen molar-refractivity contribution in [3.8, 4) is 0 Å². The third-order valence-electron chi connectivity index (χ3n) is 3.56. The molecule has 0 atom stereocenters. The van der Waals surface area contributed by atoms with Gasteiger partial charge in [-0.1, -0.05) is 18.2 Å². The first-order valence-corrected chi connectivity index (χ1v) is 6.65. The van der Waals surface area contributed by atoms with E-state index in [0.29, 0.717) is 0 Å². The Bertz CT molecular complexity index is 440. The van der Waals surface area contributed by atoms with Gasteiger partial charge in [0.1, 0.15) is 0 Å². The Morgan fingerprint density at radius 3 is 2.67 bits per heavy atom. The highest BCUT2D eigenvalue weighted by Gasteiger charge is 2.33. The van der Waals surface area contributed by atoms with Crippen molar-refractivity contribution in [2.45, 2.75) is 39.2 Å². The standard InChI is InChI=1S/C15H22N2O/c1-12-8-4-5-9-13(12)17-11-7-6-10-16-15(2,3)14(17)18/h4-5,8-9,16H,6-7,10-11H2,1-3H3. The molecule has 98 valence electrons. The molecule has 1 N–H and O–H groups in total. The minimum Gasteiger partial charge on any atom is -0.311 e. The third kappa shape index (κ3) is 2.56. The molecule has 2 rings (SSSR count). The number of para-hydroxylation sites is 1. The minimum atomic E-state index is -0.483. The van der Waals surface area contributed by atoms with Crippen LogP contribution in [0.3, 0.4) is 0 Å². The van der Waals surface area contributed by atoms with Crippen LogP contribution in [0.25, 0.3) is 0 Å². The molecule has 3 nitrogen and oxygen atoms in total. The van der Waals surface area contributed by atoms with Crippen molar-refractivity contribution in [1.82, 2.24) is 5.32 Å². The zero-order valence-corrected chi connectivity index (χ0v) is 11.5. The van der Waals surface area contributed by atoms with Gasteiger partial charge >= 0.3 is 0 Å². The van der Waals surface area contributed by atoms with Gasteiger partial charge in [-0.05, 0) is 51.8 Å². The summed E-state index contributed by atoms with van der Waals surface area (Å²) in [6.45, 7) is 7.72. The number of anilines is 1. The van der Waals surface area contributed by atoms with Crippen molar-refractivity contribution >= 4 is 11.6 Å². The third-order valence-corrected chi connectivity index (χ3v) is 3.56. The molecule has 0 aromatic heterocycles. The molecule has 1 aromatic rings. The van der Waals surface area contributed by atoms with Crippen molar-refractivity contribution in [1.29, 1.82) is 0 Å². The Kier molecular flexibility index (Phi) is 3.71. The van der Waals surface area contributed by atoms with Crippen molar-refractivity contribution < 1.29 is 4.79 Å². The van der Waals surface area contributed by atoms with Crippen LogP contribution in [-0.4, -0.2) is 24.5 Å². The first-order chi connectivity index (χ1) is 8.52. The summed E-state index contributed by atoms with van der Waals surface area (Å²) in [5.41, 5.74) is 1.71. The largest absolute Gasteiger partial charge is 0.311 e. The van der Waals surface area contributed by atoms with E-state index in [2.05, 4.69) is 18.3 Å². The normalized spacial score (nSPS) is 20.4. The molecular weight excluding hydrogens is 224 g/mol. The second kappa shape index (κ2) is 5.11. The number of rotatable bonds is 1. The smallest absolute Gasteiger partial charge is 0.246 e. The maximum atomic E-state index is 12.6. The highest BCUT2D eigenvalue weighted by Crippen LogP contribution is 2.24. The summed E-state index contributed by atoms with van der Waals surface area (Å²) in [5.74, 6) is 0.163. The second-order valence-corrected chi connectivity index (χ2v) is 5.50. The van der Waals surface area contributed by atoms with Crippen LogP contribution in [0, 0.1) is 6.92 Å². The van der Waals surface area contributed by atoms with Crippen LogP contribution < -0.4 is 10.2 Å². The van der Waals surface area contributed by atoms with E-state index >= 15 is 0 Å². The van der Waals surface area contributed by atoms with Crippen LogP contribution in [0.2, 0.25) is 0 Å². The Labute approximate surface area is 109 Å². The molecule has 0 saturated carbocycles. The van der Waals surface area contributed by atoms with Crippen LogP contribution >= 0.6 is 0 Å². The van der Waals surface area contributed by atoms with Gasteiger partial charge in [0.25, 0.3) is 0 Å². The Hall–Kier alpha value is -1.35. The summed E-state index contributed by atoms with van der Waals surface area (Å²) >= 11 is 0. The molecule has 1 aromatic carbocycles. The topological polar surface area (TPSA) is 32.3 Å². The summed E-state index contributed by atoms with van der Waals surface area (Å²) in [6.07, 6.45) is 2.16. The Morgan fingerprint density at radius 2 is 1.94 bits per heavy atom. The highest BCUT2D eigenvalue weighted by atomic mass is 16.2. The van der Waals surface area contributed by atoms with E-state index in [1.807, 2.05) is 36.9 Å². The van der Waals surface area contributed by atoms with Crippen molar-refractivity contribution in [3.05, 3.63) is 29.8 Å². The number of hydrogen-bond acceptors (Lipinski definition) is 2. The van der Waals surface area contributed by atoms with Crippen molar-refractivity contribution in [2.75, 3.05) is 18.0 Å². The van der Waals surface area contributed by atoms with Crippen LogP contribution in [0.1, 0.15) is 32.3 Å². The number of hydrogen-bond donors (Lipinski definition) is 1. The zero-order valence-electron chi connectivity index (χ0n) is 11.5. The van der Waals surface area contributed by atoms with Gasteiger partial charge in [0, 0.05) is 12.2 Å². The lowest BCUT2D eigenvalue weighted by atomic mass is 9.99. The number of amides is 1. The maximum Gasteiger partial charge on any atom is 0.246 e. The summed E-state index contributed by atoms with van der Waals surface area (Å²) in [6, 6.07) is 8.10. The van der Waals surface area contributed by atoms with Crippen LogP contribution in [0.5, 0.6) is 0 Å². The van der Waals surface area contributed by atoms with Gasteiger partial charge in [-0.2, -0.15) is 0 Å². The first-order valence-electron chi connectivity index (χ1n) is 6.65. The molecule has 0 spiro atoms. The average molecular weight is 246 g/mol. The maximum absolute atomic E-state index is 12.6. The van der Waals surface area contributed by atoms with Gasteiger partial charge in [0.15, 0.2) is 0 Å². The van der Waals surface area contributed by atoms with E-state index in [4.69, 9.17) is 0 Å². The molecule has 0 bridgehead atoms. The van der Waals surface area contributed by atoms with E-state index in [9.17, 15) is 4.79 Å². The molecule has 0 unspecified atom stereocenters. The lowest BCUT2D eigenvalue weighted by Gasteiger charge is -2.35. The van der Waals surface area contributed by atoms with Gasteiger partial charge in [0.2, 0.25) is 5.91 Å². The van der Waals surface area contributed by atoms with Gasteiger partial charge in [-0.3, -0.25) is 4.79 Å². The predicted octanol–water partition coefficient (Wildman–Crippen LogP) is 2.49. The number of carbonyl (C=O) groups excluding carboxylic acids is 1. The molecule has 1 heterocycles. The molecule has 3 heteroatoms. The molecule has 18 heavy (non-hydrogen) atoms. The average Bonchev–Trinajstić information content (AvgIpc) is 2.33. The molecule has 0 radical (unpaired) electrons. The van der Waals surface area contributed by atoms with Crippen LogP contribution in [0.4, 0.5) is 5.69 Å². The van der Waals surface area contributed by atoms with Crippen molar-refractivity contribution in [3.63, 3.8) is 0 Å². The Balaban J connectivity index is 2.34.